The van der Waals surface area contributed by atoms with E-state index in [-0.39, 0.29) is 18.3 Å². The van der Waals surface area contributed by atoms with E-state index in [1.807, 2.05) is 13.8 Å². The number of ether oxygens (including phenoxy) is 1. The number of nitrogens with zero attached hydrogens (tertiary/aromatic N) is 1. The molecule has 130 valence electrons. The van der Waals surface area contributed by atoms with Gasteiger partial charge in [-0.3, -0.25) is 9.69 Å². The molecule has 0 unspecified atom stereocenters. The standard InChI is InChI=1S/C16H23FN2O3.ClH/c1-10(2)9-14(18)15(20)19(11(3)16(21)22-4)13-7-5-12(17)6-8-13;/h5-8,10-11,14H,9,18H2,1-4H3;1H/t11-,14-;/m0./s1. The fourth-order valence-corrected chi connectivity index (χ4v) is 2.21. The summed E-state index contributed by atoms with van der Waals surface area (Å²) >= 11 is 0. The molecule has 0 radical (unpaired) electrons. The van der Waals surface area contributed by atoms with Gasteiger partial charge < -0.3 is 10.5 Å². The van der Waals surface area contributed by atoms with Crippen LogP contribution in [0, 0.1) is 11.7 Å². The number of nitrogens with two attached hydrogens (primary N) is 1. The summed E-state index contributed by atoms with van der Waals surface area (Å²) in [4.78, 5) is 25.7. The smallest absolute Gasteiger partial charge is 0.328 e. The number of hydrogen-bond donors (Lipinski definition) is 1. The maximum absolute atomic E-state index is 13.1. The minimum atomic E-state index is -0.846. The highest BCUT2D eigenvalue weighted by Crippen LogP contribution is 2.20. The molecule has 1 aromatic carbocycles. The number of amides is 1. The molecule has 0 aliphatic heterocycles. The largest absolute Gasteiger partial charge is 0.467 e. The molecule has 0 saturated carbocycles. The van der Waals surface area contributed by atoms with Crippen LogP contribution < -0.4 is 10.6 Å². The van der Waals surface area contributed by atoms with Crippen molar-refractivity contribution in [3.8, 4) is 0 Å². The SMILES string of the molecule is COC(=O)[C@H](C)N(C(=O)[C@@H](N)CC(C)C)c1ccc(F)cc1.Cl. The molecule has 0 aliphatic rings. The van der Waals surface area contributed by atoms with E-state index in [1.54, 1.807) is 6.92 Å². The first-order valence-corrected chi connectivity index (χ1v) is 7.20. The maximum atomic E-state index is 13.1. The van der Waals surface area contributed by atoms with Crippen LogP contribution in [0.3, 0.4) is 0 Å². The van der Waals surface area contributed by atoms with Crippen molar-refractivity contribution in [2.24, 2.45) is 11.7 Å². The van der Waals surface area contributed by atoms with Gasteiger partial charge in [-0.25, -0.2) is 9.18 Å². The lowest BCUT2D eigenvalue weighted by Gasteiger charge is -2.30. The summed E-state index contributed by atoms with van der Waals surface area (Å²) in [6.07, 6.45) is 0.490. The molecular weight excluding hydrogens is 323 g/mol. The molecule has 1 rings (SSSR count). The summed E-state index contributed by atoms with van der Waals surface area (Å²) in [5.41, 5.74) is 6.35. The lowest BCUT2D eigenvalue weighted by Crippen LogP contribution is -2.51. The molecule has 0 bridgehead atoms. The molecule has 0 heterocycles. The van der Waals surface area contributed by atoms with E-state index in [2.05, 4.69) is 0 Å². The van der Waals surface area contributed by atoms with Gasteiger partial charge >= 0.3 is 5.97 Å². The third-order valence-corrected chi connectivity index (χ3v) is 3.31. The van der Waals surface area contributed by atoms with Crippen LogP contribution in [-0.2, 0) is 14.3 Å². The van der Waals surface area contributed by atoms with Crippen molar-refractivity contribution in [2.45, 2.75) is 39.3 Å². The number of rotatable bonds is 6. The number of benzene rings is 1. The van der Waals surface area contributed by atoms with Gasteiger partial charge in [-0.05, 0) is 43.5 Å². The number of halogens is 2. The summed E-state index contributed by atoms with van der Waals surface area (Å²) in [5.74, 6) is -1.14. The number of esters is 1. The number of methoxy groups -OCH3 is 1. The van der Waals surface area contributed by atoms with Crippen LogP contribution in [0.4, 0.5) is 10.1 Å². The van der Waals surface area contributed by atoms with Gasteiger partial charge in [0.1, 0.15) is 11.9 Å². The van der Waals surface area contributed by atoms with Crippen LogP contribution in [0.5, 0.6) is 0 Å². The van der Waals surface area contributed by atoms with Crippen LogP contribution >= 0.6 is 12.4 Å². The predicted molar refractivity (Wildman–Crippen MR) is 90.0 cm³/mol. The minimum Gasteiger partial charge on any atom is -0.467 e. The van der Waals surface area contributed by atoms with E-state index in [1.165, 1.54) is 36.3 Å². The van der Waals surface area contributed by atoms with Gasteiger partial charge in [0.05, 0.1) is 13.2 Å². The highest BCUT2D eigenvalue weighted by atomic mass is 35.5. The molecule has 0 spiro atoms. The van der Waals surface area contributed by atoms with Crippen LogP contribution in [0.2, 0.25) is 0 Å². The van der Waals surface area contributed by atoms with Gasteiger partial charge in [0, 0.05) is 5.69 Å². The van der Waals surface area contributed by atoms with Crippen molar-refractivity contribution in [1.82, 2.24) is 0 Å². The second-order valence-corrected chi connectivity index (χ2v) is 5.62. The van der Waals surface area contributed by atoms with Gasteiger partial charge in [-0.15, -0.1) is 12.4 Å². The van der Waals surface area contributed by atoms with Crippen molar-refractivity contribution in [3.63, 3.8) is 0 Å². The lowest BCUT2D eigenvalue weighted by atomic mass is 10.0. The molecule has 0 aromatic heterocycles. The molecule has 0 fully saturated rings. The molecule has 23 heavy (non-hydrogen) atoms. The highest BCUT2D eigenvalue weighted by molar-refractivity contribution is 6.02. The van der Waals surface area contributed by atoms with E-state index >= 15 is 0 Å². The topological polar surface area (TPSA) is 72.6 Å². The van der Waals surface area contributed by atoms with E-state index in [0.29, 0.717) is 12.1 Å². The molecule has 7 heteroatoms. The number of carbonyl (C=O) groups is 2. The van der Waals surface area contributed by atoms with Gasteiger partial charge in [0.2, 0.25) is 5.91 Å². The minimum absolute atomic E-state index is 0. The van der Waals surface area contributed by atoms with E-state index in [0.717, 1.165) is 0 Å². The third kappa shape index (κ3) is 5.80. The van der Waals surface area contributed by atoms with Gasteiger partial charge in [0.15, 0.2) is 0 Å². The van der Waals surface area contributed by atoms with Crippen molar-refractivity contribution in [1.29, 1.82) is 0 Å². The molecule has 5 nitrogen and oxygen atoms in total. The predicted octanol–water partition coefficient (Wildman–Crippen LogP) is 2.52. The normalized spacial score (nSPS) is 13.0. The van der Waals surface area contributed by atoms with E-state index < -0.39 is 29.8 Å². The average Bonchev–Trinajstić information content (AvgIpc) is 2.47. The summed E-state index contributed by atoms with van der Waals surface area (Å²) < 4.78 is 17.8. The first-order valence-electron chi connectivity index (χ1n) is 7.20. The Morgan fingerprint density at radius 2 is 1.74 bits per heavy atom. The number of carbonyl (C=O) groups excluding carboxylic acids is 2. The Balaban J connectivity index is 0.00000484. The first-order chi connectivity index (χ1) is 10.3. The Labute approximate surface area is 142 Å². The quantitative estimate of drug-likeness (QED) is 0.803. The molecule has 0 saturated heterocycles. The van der Waals surface area contributed by atoms with Crippen molar-refractivity contribution in [2.75, 3.05) is 12.0 Å². The zero-order chi connectivity index (χ0) is 16.9. The van der Waals surface area contributed by atoms with E-state index in [9.17, 15) is 14.0 Å². The molecule has 2 atom stereocenters. The molecule has 2 N–H and O–H groups in total. The zero-order valence-electron chi connectivity index (χ0n) is 13.8. The van der Waals surface area contributed by atoms with Gasteiger partial charge in [0.25, 0.3) is 0 Å². The Bertz CT molecular complexity index is 523. The average molecular weight is 347 g/mol. The Morgan fingerprint density at radius 3 is 2.17 bits per heavy atom. The Kier molecular flexibility index (Phi) is 8.79. The summed E-state index contributed by atoms with van der Waals surface area (Å²) in [6, 6.07) is 3.75. The van der Waals surface area contributed by atoms with Crippen LogP contribution in [-0.4, -0.2) is 31.1 Å². The Hall–Kier alpha value is -1.66. The molecule has 1 amide bonds. The second kappa shape index (κ2) is 9.47. The van der Waals surface area contributed by atoms with Crippen molar-refractivity contribution < 1.29 is 18.7 Å². The monoisotopic (exact) mass is 346 g/mol. The molecule has 1 aromatic rings. The fraction of sp³-hybridized carbons (Fsp3) is 0.500. The lowest BCUT2D eigenvalue weighted by molar-refractivity contribution is -0.143. The third-order valence-electron chi connectivity index (χ3n) is 3.31. The summed E-state index contributed by atoms with van der Waals surface area (Å²) in [6.45, 7) is 5.47. The zero-order valence-corrected chi connectivity index (χ0v) is 14.6. The van der Waals surface area contributed by atoms with Crippen molar-refractivity contribution in [3.05, 3.63) is 30.1 Å². The van der Waals surface area contributed by atoms with Crippen molar-refractivity contribution >= 4 is 30.0 Å². The van der Waals surface area contributed by atoms with Crippen LogP contribution in [0.1, 0.15) is 27.2 Å². The van der Waals surface area contributed by atoms with Crippen LogP contribution in [0.25, 0.3) is 0 Å². The van der Waals surface area contributed by atoms with Gasteiger partial charge in [-0.1, -0.05) is 13.8 Å². The first kappa shape index (κ1) is 21.3. The maximum Gasteiger partial charge on any atom is 0.328 e. The van der Waals surface area contributed by atoms with Gasteiger partial charge in [-0.2, -0.15) is 0 Å². The molecule has 0 aliphatic carbocycles. The number of anilines is 1. The van der Waals surface area contributed by atoms with E-state index in [4.69, 9.17) is 10.5 Å². The molecular formula is C16H24ClFN2O3. The summed E-state index contributed by atoms with van der Waals surface area (Å²) in [7, 11) is 1.25. The fourth-order valence-electron chi connectivity index (χ4n) is 2.21. The second-order valence-electron chi connectivity index (χ2n) is 5.62. The Morgan fingerprint density at radius 1 is 1.22 bits per heavy atom. The highest BCUT2D eigenvalue weighted by Gasteiger charge is 2.31. The summed E-state index contributed by atoms with van der Waals surface area (Å²) in [5, 5.41) is 0. The number of hydrogen-bond acceptors (Lipinski definition) is 4. The van der Waals surface area contributed by atoms with Crippen LogP contribution in [0.15, 0.2) is 24.3 Å².